The minimum absolute atomic E-state index is 0.652. The minimum atomic E-state index is 0.652. The van der Waals surface area contributed by atoms with Gasteiger partial charge >= 0.3 is 0 Å². The van der Waals surface area contributed by atoms with Gasteiger partial charge in [0.2, 0.25) is 0 Å². The van der Waals surface area contributed by atoms with Crippen molar-refractivity contribution in [1.82, 2.24) is 0 Å². The highest BCUT2D eigenvalue weighted by Gasteiger charge is 2.23. The van der Waals surface area contributed by atoms with E-state index in [0.717, 1.165) is 23.6 Å². The number of hydrogen-bond donors (Lipinski definition) is 0. The molecule has 0 radical (unpaired) electrons. The van der Waals surface area contributed by atoms with Gasteiger partial charge in [-0.15, -0.1) is 0 Å². The SMILES string of the molecule is CCC=CC1=NN(c2ccc(C#N)cc2)CN1c1ccccc1. The normalized spacial score (nSPS) is 14.2. The number of allylic oxidation sites excluding steroid dienone is 1. The summed E-state index contributed by atoms with van der Waals surface area (Å²) in [4.78, 5) is 2.17. The number of benzene rings is 2. The number of para-hydroxylation sites is 1. The van der Waals surface area contributed by atoms with Crippen LogP contribution in [-0.4, -0.2) is 12.5 Å². The fourth-order valence-electron chi connectivity index (χ4n) is 2.43. The first-order valence-electron chi connectivity index (χ1n) is 7.67. The summed E-state index contributed by atoms with van der Waals surface area (Å²) in [6.07, 6.45) is 5.13. The van der Waals surface area contributed by atoms with E-state index < -0.39 is 0 Å². The molecule has 0 aliphatic carbocycles. The Labute approximate surface area is 136 Å². The zero-order valence-corrected chi connectivity index (χ0v) is 13.1. The summed E-state index contributed by atoms with van der Waals surface area (Å²) in [6.45, 7) is 2.76. The Bertz CT molecular complexity index is 754. The average molecular weight is 302 g/mol. The number of anilines is 2. The molecule has 2 aromatic carbocycles. The largest absolute Gasteiger partial charge is 0.305 e. The van der Waals surface area contributed by atoms with E-state index in [-0.39, 0.29) is 0 Å². The van der Waals surface area contributed by atoms with E-state index in [1.165, 1.54) is 0 Å². The second kappa shape index (κ2) is 6.80. The lowest BCUT2D eigenvalue weighted by molar-refractivity contribution is 0.912. The topological polar surface area (TPSA) is 42.6 Å². The smallest absolute Gasteiger partial charge is 0.154 e. The highest BCUT2D eigenvalue weighted by molar-refractivity contribution is 6.07. The van der Waals surface area contributed by atoms with Crippen molar-refractivity contribution in [2.24, 2.45) is 5.10 Å². The molecular formula is C19H18N4. The van der Waals surface area contributed by atoms with Gasteiger partial charge in [-0.1, -0.05) is 31.2 Å². The van der Waals surface area contributed by atoms with Gasteiger partial charge in [-0.2, -0.15) is 10.4 Å². The van der Waals surface area contributed by atoms with E-state index in [1.54, 1.807) is 0 Å². The molecular weight excluding hydrogens is 284 g/mol. The Morgan fingerprint density at radius 3 is 2.48 bits per heavy atom. The second-order valence-electron chi connectivity index (χ2n) is 5.23. The molecule has 114 valence electrons. The predicted molar refractivity (Wildman–Crippen MR) is 94.3 cm³/mol. The van der Waals surface area contributed by atoms with Gasteiger partial charge in [0.1, 0.15) is 6.67 Å². The standard InChI is InChI=1S/C19H18N4/c1-2-3-9-19-21-23(18-12-10-16(14-20)11-13-18)15-22(19)17-7-5-4-6-8-17/h3-13H,2,15H2,1H3. The summed E-state index contributed by atoms with van der Waals surface area (Å²) in [7, 11) is 0. The van der Waals surface area contributed by atoms with Crippen LogP contribution in [-0.2, 0) is 0 Å². The van der Waals surface area contributed by atoms with Crippen LogP contribution in [0, 0.1) is 11.3 Å². The zero-order valence-electron chi connectivity index (χ0n) is 13.1. The zero-order chi connectivity index (χ0) is 16.1. The third-order valence-electron chi connectivity index (χ3n) is 3.64. The van der Waals surface area contributed by atoms with Gasteiger partial charge in [0.15, 0.2) is 5.84 Å². The van der Waals surface area contributed by atoms with Crippen molar-refractivity contribution in [3.63, 3.8) is 0 Å². The molecule has 0 saturated carbocycles. The van der Waals surface area contributed by atoms with Crippen LogP contribution >= 0.6 is 0 Å². The maximum atomic E-state index is 8.92. The van der Waals surface area contributed by atoms with Crippen LogP contribution in [0.3, 0.4) is 0 Å². The van der Waals surface area contributed by atoms with Crippen molar-refractivity contribution >= 4 is 17.2 Å². The highest BCUT2D eigenvalue weighted by atomic mass is 15.6. The highest BCUT2D eigenvalue weighted by Crippen LogP contribution is 2.25. The van der Waals surface area contributed by atoms with Gasteiger partial charge in [-0.05, 0) is 48.9 Å². The summed E-state index contributed by atoms with van der Waals surface area (Å²) < 4.78 is 0. The molecule has 3 rings (SSSR count). The first kappa shape index (κ1) is 14.9. The van der Waals surface area contributed by atoms with Crippen LogP contribution < -0.4 is 9.91 Å². The quantitative estimate of drug-likeness (QED) is 0.853. The summed E-state index contributed by atoms with van der Waals surface area (Å²) in [5.74, 6) is 0.919. The van der Waals surface area contributed by atoms with E-state index >= 15 is 0 Å². The van der Waals surface area contributed by atoms with E-state index in [4.69, 9.17) is 10.4 Å². The van der Waals surface area contributed by atoms with E-state index in [1.807, 2.05) is 47.5 Å². The van der Waals surface area contributed by atoms with Crippen LogP contribution in [0.1, 0.15) is 18.9 Å². The van der Waals surface area contributed by atoms with Gasteiger partial charge in [0.05, 0.1) is 17.3 Å². The number of nitriles is 1. The van der Waals surface area contributed by atoms with Crippen molar-refractivity contribution in [3.8, 4) is 6.07 Å². The minimum Gasteiger partial charge on any atom is -0.305 e. The van der Waals surface area contributed by atoms with Gasteiger partial charge in [0.25, 0.3) is 0 Å². The second-order valence-corrected chi connectivity index (χ2v) is 5.23. The molecule has 0 aromatic heterocycles. The number of amidine groups is 1. The van der Waals surface area contributed by atoms with Gasteiger partial charge in [-0.25, -0.2) is 5.01 Å². The van der Waals surface area contributed by atoms with Crippen LogP contribution in [0.15, 0.2) is 71.9 Å². The Morgan fingerprint density at radius 2 is 1.83 bits per heavy atom. The molecule has 0 saturated heterocycles. The third kappa shape index (κ3) is 3.24. The lowest BCUT2D eigenvalue weighted by atomic mass is 10.2. The number of hydrazone groups is 1. The Morgan fingerprint density at radius 1 is 1.09 bits per heavy atom. The summed E-state index contributed by atoms with van der Waals surface area (Å²) >= 11 is 0. The maximum absolute atomic E-state index is 8.92. The molecule has 4 nitrogen and oxygen atoms in total. The van der Waals surface area contributed by atoms with Crippen LogP contribution in [0.25, 0.3) is 0 Å². The fraction of sp³-hybridized carbons (Fsp3) is 0.158. The molecule has 1 heterocycles. The maximum Gasteiger partial charge on any atom is 0.154 e. The van der Waals surface area contributed by atoms with Crippen LogP contribution in [0.2, 0.25) is 0 Å². The van der Waals surface area contributed by atoms with Gasteiger partial charge in [-0.3, -0.25) is 0 Å². The average Bonchev–Trinajstić information content (AvgIpc) is 3.05. The number of nitrogens with zero attached hydrogens (tertiary/aromatic N) is 4. The molecule has 1 aliphatic rings. The molecule has 2 aromatic rings. The lowest BCUT2D eigenvalue weighted by Gasteiger charge is -2.20. The molecule has 23 heavy (non-hydrogen) atoms. The first-order valence-corrected chi connectivity index (χ1v) is 7.67. The summed E-state index contributed by atoms with van der Waals surface area (Å²) in [5.41, 5.74) is 2.75. The van der Waals surface area contributed by atoms with Crippen molar-refractivity contribution in [2.75, 3.05) is 16.6 Å². The van der Waals surface area contributed by atoms with E-state index in [0.29, 0.717) is 12.2 Å². The predicted octanol–water partition coefficient (Wildman–Crippen LogP) is 4.12. The van der Waals surface area contributed by atoms with Crippen molar-refractivity contribution in [3.05, 3.63) is 72.3 Å². The monoisotopic (exact) mass is 302 g/mol. The molecule has 0 atom stereocenters. The summed E-state index contributed by atoms with van der Waals surface area (Å²) in [5, 5.41) is 15.6. The van der Waals surface area contributed by atoms with E-state index in [2.05, 4.69) is 42.2 Å². The van der Waals surface area contributed by atoms with Gasteiger partial charge < -0.3 is 4.90 Å². The molecule has 0 amide bonds. The molecule has 0 N–H and O–H groups in total. The van der Waals surface area contributed by atoms with Gasteiger partial charge in [0, 0.05) is 5.69 Å². The third-order valence-corrected chi connectivity index (χ3v) is 3.64. The van der Waals surface area contributed by atoms with Crippen LogP contribution in [0.4, 0.5) is 11.4 Å². The van der Waals surface area contributed by atoms with Crippen molar-refractivity contribution < 1.29 is 0 Å². The lowest BCUT2D eigenvalue weighted by Crippen LogP contribution is -2.29. The Balaban J connectivity index is 1.90. The molecule has 0 unspecified atom stereocenters. The molecule has 0 fully saturated rings. The Kier molecular flexibility index (Phi) is 4.39. The molecule has 4 heteroatoms. The molecule has 1 aliphatic heterocycles. The van der Waals surface area contributed by atoms with E-state index in [9.17, 15) is 0 Å². The van der Waals surface area contributed by atoms with Crippen molar-refractivity contribution in [1.29, 1.82) is 5.26 Å². The fourth-order valence-corrected chi connectivity index (χ4v) is 2.43. The first-order chi connectivity index (χ1) is 11.3. The van der Waals surface area contributed by atoms with Crippen LogP contribution in [0.5, 0.6) is 0 Å². The molecule has 0 spiro atoms. The summed E-state index contributed by atoms with van der Waals surface area (Å²) in [6, 6.07) is 19.9. The molecule has 0 bridgehead atoms. The number of rotatable bonds is 4. The Hall–Kier alpha value is -3.06. The number of hydrogen-bond acceptors (Lipinski definition) is 4. The van der Waals surface area contributed by atoms with Crippen molar-refractivity contribution in [2.45, 2.75) is 13.3 Å².